The van der Waals surface area contributed by atoms with Crippen molar-refractivity contribution in [2.45, 2.75) is 26.8 Å². The highest BCUT2D eigenvalue weighted by molar-refractivity contribution is 5.75. The molecule has 0 aliphatic heterocycles. The molecule has 17 heavy (non-hydrogen) atoms. The Morgan fingerprint density at radius 1 is 1.53 bits per heavy atom. The Kier molecular flexibility index (Phi) is 4.11. The third kappa shape index (κ3) is 3.22. The summed E-state index contributed by atoms with van der Waals surface area (Å²) < 4.78 is 0. The van der Waals surface area contributed by atoms with Crippen LogP contribution in [0.1, 0.15) is 25.0 Å². The van der Waals surface area contributed by atoms with Crippen molar-refractivity contribution in [1.82, 2.24) is 0 Å². The molecule has 0 saturated heterocycles. The molecule has 0 amide bonds. The van der Waals surface area contributed by atoms with Gasteiger partial charge in [-0.05, 0) is 38.5 Å². The van der Waals surface area contributed by atoms with Gasteiger partial charge < -0.3 is 10.0 Å². The molecular formula is C13H16N2O2. The first-order valence-electron chi connectivity index (χ1n) is 5.45. The maximum atomic E-state index is 10.8. The molecule has 0 saturated carbocycles. The van der Waals surface area contributed by atoms with E-state index in [1.807, 2.05) is 32.9 Å². The van der Waals surface area contributed by atoms with E-state index in [0.29, 0.717) is 11.3 Å². The molecular weight excluding hydrogens is 216 g/mol. The summed E-state index contributed by atoms with van der Waals surface area (Å²) in [5, 5.41) is 18.0. The second-order valence-electron chi connectivity index (χ2n) is 4.25. The fourth-order valence-corrected chi connectivity index (χ4v) is 1.67. The molecule has 0 radical (unpaired) electrons. The van der Waals surface area contributed by atoms with E-state index < -0.39 is 5.97 Å². The summed E-state index contributed by atoms with van der Waals surface area (Å²) in [6, 6.07) is 7.55. The third-order valence-electron chi connectivity index (χ3n) is 2.51. The van der Waals surface area contributed by atoms with E-state index in [0.717, 1.165) is 5.56 Å². The molecule has 0 unspecified atom stereocenters. The topological polar surface area (TPSA) is 64.3 Å². The molecule has 0 fully saturated rings. The summed E-state index contributed by atoms with van der Waals surface area (Å²) >= 11 is 0. The van der Waals surface area contributed by atoms with Gasteiger partial charge in [-0.3, -0.25) is 4.79 Å². The highest BCUT2D eigenvalue weighted by Gasteiger charge is 2.17. The number of aliphatic carboxylic acids is 1. The van der Waals surface area contributed by atoms with Crippen molar-refractivity contribution in [3.8, 4) is 6.07 Å². The smallest absolute Gasteiger partial charge is 0.323 e. The van der Waals surface area contributed by atoms with Crippen molar-refractivity contribution in [2.75, 3.05) is 11.4 Å². The van der Waals surface area contributed by atoms with E-state index in [1.165, 1.54) is 0 Å². The number of nitriles is 1. The zero-order valence-corrected chi connectivity index (χ0v) is 10.3. The van der Waals surface area contributed by atoms with Crippen LogP contribution in [0, 0.1) is 18.3 Å². The Balaban J connectivity index is 3.22. The summed E-state index contributed by atoms with van der Waals surface area (Å²) in [5.41, 5.74) is 2.20. The number of rotatable bonds is 4. The summed E-state index contributed by atoms with van der Waals surface area (Å²) in [7, 11) is 0. The Hall–Kier alpha value is -2.02. The van der Waals surface area contributed by atoms with Crippen molar-refractivity contribution >= 4 is 11.7 Å². The van der Waals surface area contributed by atoms with Crippen LogP contribution >= 0.6 is 0 Å². The minimum Gasteiger partial charge on any atom is -0.480 e. The summed E-state index contributed by atoms with van der Waals surface area (Å²) in [6.07, 6.45) is 0. The lowest BCUT2D eigenvalue weighted by atomic mass is 10.1. The number of carboxylic acid groups (broad SMARTS) is 1. The molecule has 90 valence electrons. The number of hydrogen-bond acceptors (Lipinski definition) is 3. The van der Waals surface area contributed by atoms with Crippen LogP contribution in [0.5, 0.6) is 0 Å². The molecule has 1 rings (SSSR count). The lowest BCUT2D eigenvalue weighted by Gasteiger charge is -2.28. The predicted molar refractivity (Wildman–Crippen MR) is 66.0 cm³/mol. The number of aryl methyl sites for hydroxylation is 1. The summed E-state index contributed by atoms with van der Waals surface area (Å²) in [6.45, 7) is 5.64. The number of anilines is 1. The van der Waals surface area contributed by atoms with Gasteiger partial charge in [0.15, 0.2) is 0 Å². The molecule has 4 heteroatoms. The molecule has 0 bridgehead atoms. The van der Waals surface area contributed by atoms with Crippen LogP contribution in [0.25, 0.3) is 0 Å². The standard InChI is InChI=1S/C13H16N2O2/c1-9(2)15(8-13(16)17)12-6-10(3)4-5-11(12)7-14/h4-6,9H,8H2,1-3H3,(H,16,17). The lowest BCUT2D eigenvalue weighted by Crippen LogP contribution is -2.36. The molecule has 0 spiro atoms. The summed E-state index contributed by atoms with van der Waals surface area (Å²) in [4.78, 5) is 12.6. The molecule has 0 aromatic heterocycles. The number of carboxylic acids is 1. The number of benzene rings is 1. The van der Waals surface area contributed by atoms with Gasteiger partial charge >= 0.3 is 5.97 Å². The SMILES string of the molecule is Cc1ccc(C#N)c(N(CC(=O)O)C(C)C)c1. The first kappa shape index (κ1) is 13.0. The molecule has 0 aliphatic rings. The minimum absolute atomic E-state index is 0.0278. The van der Waals surface area contributed by atoms with E-state index in [1.54, 1.807) is 11.0 Å². The van der Waals surface area contributed by atoms with Crippen molar-refractivity contribution in [1.29, 1.82) is 5.26 Å². The van der Waals surface area contributed by atoms with E-state index in [2.05, 4.69) is 6.07 Å². The van der Waals surface area contributed by atoms with Gasteiger partial charge in [-0.25, -0.2) is 0 Å². The van der Waals surface area contributed by atoms with Gasteiger partial charge in [0.05, 0.1) is 11.3 Å². The van der Waals surface area contributed by atoms with Crippen LogP contribution in [0.15, 0.2) is 18.2 Å². The molecule has 0 aliphatic carbocycles. The van der Waals surface area contributed by atoms with Crippen LogP contribution in [0.2, 0.25) is 0 Å². The van der Waals surface area contributed by atoms with E-state index >= 15 is 0 Å². The minimum atomic E-state index is -0.899. The van der Waals surface area contributed by atoms with Gasteiger partial charge in [0.25, 0.3) is 0 Å². The maximum absolute atomic E-state index is 10.8. The monoisotopic (exact) mass is 232 g/mol. The largest absolute Gasteiger partial charge is 0.480 e. The van der Waals surface area contributed by atoms with E-state index in [-0.39, 0.29) is 12.6 Å². The number of nitrogens with zero attached hydrogens (tertiary/aromatic N) is 2. The molecule has 0 heterocycles. The van der Waals surface area contributed by atoms with Crippen LogP contribution in [-0.4, -0.2) is 23.7 Å². The molecule has 1 aromatic carbocycles. The molecule has 1 N–H and O–H groups in total. The van der Waals surface area contributed by atoms with Crippen LogP contribution < -0.4 is 4.90 Å². The highest BCUT2D eigenvalue weighted by Crippen LogP contribution is 2.23. The van der Waals surface area contributed by atoms with Crippen LogP contribution in [0.3, 0.4) is 0 Å². The van der Waals surface area contributed by atoms with Gasteiger partial charge in [0.1, 0.15) is 12.6 Å². The Labute approximate surface area is 101 Å². The fourth-order valence-electron chi connectivity index (χ4n) is 1.67. The van der Waals surface area contributed by atoms with Gasteiger partial charge in [-0.1, -0.05) is 6.07 Å². The van der Waals surface area contributed by atoms with Gasteiger partial charge in [0.2, 0.25) is 0 Å². The maximum Gasteiger partial charge on any atom is 0.323 e. The second kappa shape index (κ2) is 5.35. The molecule has 4 nitrogen and oxygen atoms in total. The van der Waals surface area contributed by atoms with Crippen molar-refractivity contribution in [3.05, 3.63) is 29.3 Å². The average molecular weight is 232 g/mol. The molecule has 0 atom stereocenters. The van der Waals surface area contributed by atoms with Crippen molar-refractivity contribution < 1.29 is 9.90 Å². The average Bonchev–Trinajstić information content (AvgIpc) is 2.25. The van der Waals surface area contributed by atoms with Crippen LogP contribution in [0.4, 0.5) is 5.69 Å². The molecule has 1 aromatic rings. The lowest BCUT2D eigenvalue weighted by molar-refractivity contribution is -0.135. The van der Waals surface area contributed by atoms with Crippen LogP contribution in [-0.2, 0) is 4.79 Å². The first-order valence-corrected chi connectivity index (χ1v) is 5.45. The number of hydrogen-bond donors (Lipinski definition) is 1. The Morgan fingerprint density at radius 2 is 2.18 bits per heavy atom. The Bertz CT molecular complexity index is 461. The quantitative estimate of drug-likeness (QED) is 0.864. The predicted octanol–water partition coefficient (Wildman–Crippen LogP) is 2.17. The Morgan fingerprint density at radius 3 is 2.65 bits per heavy atom. The first-order chi connectivity index (χ1) is 7.95. The van der Waals surface area contributed by atoms with E-state index in [4.69, 9.17) is 10.4 Å². The second-order valence-corrected chi connectivity index (χ2v) is 4.25. The van der Waals surface area contributed by atoms with Crippen molar-refractivity contribution in [2.24, 2.45) is 0 Å². The number of carbonyl (C=O) groups is 1. The van der Waals surface area contributed by atoms with E-state index in [9.17, 15) is 4.79 Å². The highest BCUT2D eigenvalue weighted by atomic mass is 16.4. The zero-order valence-electron chi connectivity index (χ0n) is 10.3. The third-order valence-corrected chi connectivity index (χ3v) is 2.51. The summed E-state index contributed by atoms with van der Waals surface area (Å²) in [5.74, 6) is -0.899. The van der Waals surface area contributed by atoms with Gasteiger partial charge in [0, 0.05) is 6.04 Å². The van der Waals surface area contributed by atoms with Gasteiger partial charge in [-0.15, -0.1) is 0 Å². The zero-order chi connectivity index (χ0) is 13.0. The fraction of sp³-hybridized carbons (Fsp3) is 0.385. The normalized spacial score (nSPS) is 10.1. The van der Waals surface area contributed by atoms with Crippen molar-refractivity contribution in [3.63, 3.8) is 0 Å². The van der Waals surface area contributed by atoms with Gasteiger partial charge in [-0.2, -0.15) is 5.26 Å².